The molecule has 2 aromatic rings. The first-order chi connectivity index (χ1) is 9.45. The van der Waals surface area contributed by atoms with Crippen molar-refractivity contribution in [2.45, 2.75) is 46.1 Å². The number of hydrogen-bond acceptors (Lipinski definition) is 2. The number of nitrogens with one attached hydrogen (secondary N) is 1. The van der Waals surface area contributed by atoms with Gasteiger partial charge in [0, 0.05) is 31.2 Å². The lowest BCUT2D eigenvalue weighted by molar-refractivity contribution is 0.590. The average molecular weight is 271 g/mol. The van der Waals surface area contributed by atoms with Crippen molar-refractivity contribution in [1.29, 1.82) is 0 Å². The normalized spacial score (nSPS) is 11.6. The number of hydrogen-bond donors (Lipinski definition) is 1. The molecule has 3 nitrogen and oxygen atoms in total. The third kappa shape index (κ3) is 4.12. The smallest absolute Gasteiger partial charge is 0.0945 e. The summed E-state index contributed by atoms with van der Waals surface area (Å²) >= 11 is 0. The number of anilines is 1. The van der Waals surface area contributed by atoms with Crippen LogP contribution in [-0.2, 0) is 12.0 Å². The zero-order chi connectivity index (χ0) is 14.6. The van der Waals surface area contributed by atoms with E-state index in [1.807, 2.05) is 18.7 Å². The van der Waals surface area contributed by atoms with E-state index < -0.39 is 0 Å². The molecule has 0 spiro atoms. The Labute approximate surface area is 122 Å². The molecule has 1 aromatic heterocycles. The summed E-state index contributed by atoms with van der Waals surface area (Å²) in [4.78, 5) is 4.05. The zero-order valence-electron chi connectivity index (χ0n) is 13.0. The highest BCUT2D eigenvalue weighted by Gasteiger charge is 2.14. The highest BCUT2D eigenvalue weighted by Crippen LogP contribution is 2.26. The van der Waals surface area contributed by atoms with Crippen molar-refractivity contribution in [2.75, 3.05) is 11.9 Å². The SMILES string of the molecule is Cc1cc(NCCCn2ccnc2)cc(C(C)(C)C)c1. The molecule has 0 bridgehead atoms. The lowest BCUT2D eigenvalue weighted by Crippen LogP contribution is -2.12. The minimum absolute atomic E-state index is 0.194. The lowest BCUT2D eigenvalue weighted by atomic mass is 9.86. The van der Waals surface area contributed by atoms with E-state index in [0.717, 1.165) is 19.5 Å². The van der Waals surface area contributed by atoms with Gasteiger partial charge in [-0.3, -0.25) is 0 Å². The summed E-state index contributed by atoms with van der Waals surface area (Å²) in [6.07, 6.45) is 6.79. The van der Waals surface area contributed by atoms with Gasteiger partial charge in [-0.05, 0) is 42.0 Å². The van der Waals surface area contributed by atoms with E-state index in [1.165, 1.54) is 16.8 Å². The molecule has 3 heteroatoms. The van der Waals surface area contributed by atoms with Crippen LogP contribution in [0.2, 0.25) is 0 Å². The molecule has 2 rings (SSSR count). The highest BCUT2D eigenvalue weighted by atomic mass is 15.0. The van der Waals surface area contributed by atoms with Crippen LogP contribution in [0.15, 0.2) is 36.9 Å². The molecule has 20 heavy (non-hydrogen) atoms. The zero-order valence-corrected chi connectivity index (χ0v) is 13.0. The predicted molar refractivity (Wildman–Crippen MR) is 85.2 cm³/mol. The molecule has 1 heterocycles. The van der Waals surface area contributed by atoms with E-state index in [4.69, 9.17) is 0 Å². The van der Waals surface area contributed by atoms with Crippen LogP contribution in [0.5, 0.6) is 0 Å². The Morgan fingerprint density at radius 1 is 1.20 bits per heavy atom. The van der Waals surface area contributed by atoms with Crippen LogP contribution in [-0.4, -0.2) is 16.1 Å². The van der Waals surface area contributed by atoms with Crippen LogP contribution < -0.4 is 5.32 Å². The number of rotatable bonds is 5. The fourth-order valence-corrected chi connectivity index (χ4v) is 2.23. The molecule has 0 aliphatic carbocycles. The van der Waals surface area contributed by atoms with Gasteiger partial charge in [0.05, 0.1) is 6.33 Å². The van der Waals surface area contributed by atoms with Crippen LogP contribution in [0, 0.1) is 6.92 Å². The minimum atomic E-state index is 0.194. The monoisotopic (exact) mass is 271 g/mol. The fourth-order valence-electron chi connectivity index (χ4n) is 2.23. The van der Waals surface area contributed by atoms with Gasteiger partial charge in [-0.25, -0.2) is 4.98 Å². The minimum Gasteiger partial charge on any atom is -0.385 e. The lowest BCUT2D eigenvalue weighted by Gasteiger charge is -2.21. The highest BCUT2D eigenvalue weighted by molar-refractivity contribution is 5.50. The van der Waals surface area contributed by atoms with Crippen molar-refractivity contribution in [3.05, 3.63) is 48.0 Å². The van der Waals surface area contributed by atoms with Crippen LogP contribution in [0.1, 0.15) is 38.3 Å². The van der Waals surface area contributed by atoms with Gasteiger partial charge in [0.15, 0.2) is 0 Å². The van der Waals surface area contributed by atoms with Gasteiger partial charge in [-0.1, -0.05) is 26.8 Å². The maximum absolute atomic E-state index is 4.05. The van der Waals surface area contributed by atoms with Crippen molar-refractivity contribution < 1.29 is 0 Å². The van der Waals surface area contributed by atoms with E-state index in [9.17, 15) is 0 Å². The molecule has 0 saturated carbocycles. The van der Waals surface area contributed by atoms with Crippen LogP contribution >= 0.6 is 0 Å². The van der Waals surface area contributed by atoms with Gasteiger partial charge in [0.1, 0.15) is 0 Å². The number of imidazole rings is 1. The molecule has 0 atom stereocenters. The topological polar surface area (TPSA) is 29.9 Å². The largest absolute Gasteiger partial charge is 0.385 e. The van der Waals surface area contributed by atoms with Crippen molar-refractivity contribution in [3.63, 3.8) is 0 Å². The molecule has 1 aromatic carbocycles. The maximum atomic E-state index is 4.05. The maximum Gasteiger partial charge on any atom is 0.0945 e. The first-order valence-electron chi connectivity index (χ1n) is 7.27. The van der Waals surface area contributed by atoms with Gasteiger partial charge >= 0.3 is 0 Å². The van der Waals surface area contributed by atoms with Crippen LogP contribution in [0.4, 0.5) is 5.69 Å². The molecule has 0 unspecified atom stereocenters. The second-order valence-electron chi connectivity index (χ2n) is 6.42. The molecule has 0 radical (unpaired) electrons. The summed E-state index contributed by atoms with van der Waals surface area (Å²) in [5.41, 5.74) is 4.11. The number of benzene rings is 1. The summed E-state index contributed by atoms with van der Waals surface area (Å²) < 4.78 is 2.11. The molecule has 0 saturated heterocycles. The second-order valence-corrected chi connectivity index (χ2v) is 6.42. The van der Waals surface area contributed by atoms with Gasteiger partial charge in [-0.2, -0.15) is 0 Å². The molecule has 1 N–H and O–H groups in total. The predicted octanol–water partition coefficient (Wildman–Crippen LogP) is 3.99. The molecular weight excluding hydrogens is 246 g/mol. The van der Waals surface area contributed by atoms with E-state index in [-0.39, 0.29) is 5.41 Å². The van der Waals surface area contributed by atoms with Gasteiger partial charge in [-0.15, -0.1) is 0 Å². The average Bonchev–Trinajstić information content (AvgIpc) is 2.86. The first kappa shape index (κ1) is 14.6. The van der Waals surface area contributed by atoms with Crippen molar-refractivity contribution in [3.8, 4) is 0 Å². The van der Waals surface area contributed by atoms with E-state index in [1.54, 1.807) is 0 Å². The quantitative estimate of drug-likeness (QED) is 0.833. The Bertz CT molecular complexity index is 536. The summed E-state index contributed by atoms with van der Waals surface area (Å²) in [5.74, 6) is 0. The Morgan fingerprint density at radius 2 is 2.00 bits per heavy atom. The van der Waals surface area contributed by atoms with E-state index in [2.05, 4.69) is 60.8 Å². The van der Waals surface area contributed by atoms with Crippen molar-refractivity contribution >= 4 is 5.69 Å². The Morgan fingerprint density at radius 3 is 2.65 bits per heavy atom. The number of aryl methyl sites for hydroxylation is 2. The van der Waals surface area contributed by atoms with Gasteiger partial charge in [0.2, 0.25) is 0 Å². The van der Waals surface area contributed by atoms with Crippen LogP contribution in [0.25, 0.3) is 0 Å². The number of nitrogens with zero attached hydrogens (tertiary/aromatic N) is 2. The number of aromatic nitrogens is 2. The Hall–Kier alpha value is -1.77. The molecule has 0 aliphatic rings. The first-order valence-corrected chi connectivity index (χ1v) is 7.27. The van der Waals surface area contributed by atoms with Gasteiger partial charge in [0.25, 0.3) is 0 Å². The van der Waals surface area contributed by atoms with E-state index in [0.29, 0.717) is 0 Å². The molecule has 0 amide bonds. The molecule has 108 valence electrons. The van der Waals surface area contributed by atoms with Crippen molar-refractivity contribution in [1.82, 2.24) is 9.55 Å². The summed E-state index contributed by atoms with van der Waals surface area (Å²) in [6.45, 7) is 10.9. The molecular formula is C17H25N3. The third-order valence-corrected chi connectivity index (χ3v) is 3.42. The van der Waals surface area contributed by atoms with Crippen LogP contribution in [0.3, 0.4) is 0 Å². The van der Waals surface area contributed by atoms with E-state index >= 15 is 0 Å². The second kappa shape index (κ2) is 6.12. The Kier molecular flexibility index (Phi) is 4.48. The van der Waals surface area contributed by atoms with Crippen molar-refractivity contribution in [2.24, 2.45) is 0 Å². The standard InChI is InChI=1S/C17H25N3/c1-14-10-15(17(2,3)4)12-16(11-14)19-6-5-8-20-9-7-18-13-20/h7,9-13,19H,5-6,8H2,1-4H3. The summed E-state index contributed by atoms with van der Waals surface area (Å²) in [6, 6.07) is 6.76. The Balaban J connectivity index is 1.91. The molecule has 0 fully saturated rings. The summed E-state index contributed by atoms with van der Waals surface area (Å²) in [7, 11) is 0. The summed E-state index contributed by atoms with van der Waals surface area (Å²) in [5, 5.41) is 3.53. The fraction of sp³-hybridized carbons (Fsp3) is 0.471. The third-order valence-electron chi connectivity index (χ3n) is 3.42. The van der Waals surface area contributed by atoms with Gasteiger partial charge < -0.3 is 9.88 Å². The molecule has 0 aliphatic heterocycles.